The fourth-order valence-corrected chi connectivity index (χ4v) is 1.90. The molecule has 1 aliphatic rings. The number of amides is 1. The standard InChI is InChI=1S/C14H14N2O/c15-10-11-6-8-13(9-7-11)16-14(17)12-4-2-1-3-5-12/h1-2,6-9,12H,3-5H2,(H,16,17). The van der Waals surface area contributed by atoms with Crippen LogP contribution in [0.15, 0.2) is 36.4 Å². The van der Waals surface area contributed by atoms with Crippen molar-refractivity contribution in [1.82, 2.24) is 0 Å². The first-order chi connectivity index (χ1) is 8.29. The van der Waals surface area contributed by atoms with Crippen molar-refractivity contribution in [2.45, 2.75) is 19.3 Å². The summed E-state index contributed by atoms with van der Waals surface area (Å²) >= 11 is 0. The molecule has 1 aromatic rings. The minimum Gasteiger partial charge on any atom is -0.326 e. The van der Waals surface area contributed by atoms with Gasteiger partial charge in [-0.3, -0.25) is 4.79 Å². The summed E-state index contributed by atoms with van der Waals surface area (Å²) in [5, 5.41) is 11.5. The van der Waals surface area contributed by atoms with Gasteiger partial charge in [0.2, 0.25) is 5.91 Å². The van der Waals surface area contributed by atoms with Gasteiger partial charge in [-0.1, -0.05) is 12.2 Å². The molecule has 17 heavy (non-hydrogen) atoms. The molecule has 1 atom stereocenters. The molecule has 1 unspecified atom stereocenters. The molecule has 0 radical (unpaired) electrons. The lowest BCUT2D eigenvalue weighted by Crippen LogP contribution is -2.23. The summed E-state index contributed by atoms with van der Waals surface area (Å²) in [6, 6.07) is 8.98. The van der Waals surface area contributed by atoms with Gasteiger partial charge in [-0.05, 0) is 43.5 Å². The van der Waals surface area contributed by atoms with Gasteiger partial charge in [0, 0.05) is 11.6 Å². The first kappa shape index (κ1) is 11.4. The topological polar surface area (TPSA) is 52.9 Å². The summed E-state index contributed by atoms with van der Waals surface area (Å²) in [6.07, 6.45) is 6.89. The van der Waals surface area contributed by atoms with Crippen molar-refractivity contribution in [3.05, 3.63) is 42.0 Å². The molecule has 0 saturated heterocycles. The predicted octanol–water partition coefficient (Wildman–Crippen LogP) is 2.85. The van der Waals surface area contributed by atoms with Crippen LogP contribution in [-0.4, -0.2) is 5.91 Å². The molecule has 86 valence electrons. The van der Waals surface area contributed by atoms with Gasteiger partial charge in [0.05, 0.1) is 11.6 Å². The second-order valence-corrected chi connectivity index (χ2v) is 4.16. The Balaban J connectivity index is 1.98. The number of benzene rings is 1. The minimum atomic E-state index is 0.0686. The molecule has 2 rings (SSSR count). The van der Waals surface area contributed by atoms with Gasteiger partial charge in [0.1, 0.15) is 0 Å². The van der Waals surface area contributed by atoms with Crippen LogP contribution in [0.4, 0.5) is 5.69 Å². The molecular weight excluding hydrogens is 212 g/mol. The second-order valence-electron chi connectivity index (χ2n) is 4.16. The fourth-order valence-electron chi connectivity index (χ4n) is 1.90. The highest BCUT2D eigenvalue weighted by molar-refractivity contribution is 5.92. The third-order valence-corrected chi connectivity index (χ3v) is 2.92. The second kappa shape index (κ2) is 5.31. The number of hydrogen-bond acceptors (Lipinski definition) is 2. The molecule has 3 heteroatoms. The van der Waals surface area contributed by atoms with Crippen molar-refractivity contribution < 1.29 is 4.79 Å². The number of anilines is 1. The van der Waals surface area contributed by atoms with Gasteiger partial charge in [-0.15, -0.1) is 0 Å². The lowest BCUT2D eigenvalue weighted by atomic mass is 9.93. The summed E-state index contributed by atoms with van der Waals surface area (Å²) in [5.74, 6) is 0.148. The van der Waals surface area contributed by atoms with Crippen molar-refractivity contribution >= 4 is 11.6 Å². The van der Waals surface area contributed by atoms with Crippen molar-refractivity contribution in [2.75, 3.05) is 5.32 Å². The van der Waals surface area contributed by atoms with E-state index in [2.05, 4.69) is 17.5 Å². The SMILES string of the molecule is N#Cc1ccc(NC(=O)C2CC=CCC2)cc1. The van der Waals surface area contributed by atoms with Crippen molar-refractivity contribution in [3.63, 3.8) is 0 Å². The summed E-state index contributed by atoms with van der Waals surface area (Å²) in [4.78, 5) is 11.9. The molecule has 1 aromatic carbocycles. The maximum absolute atomic E-state index is 11.9. The van der Waals surface area contributed by atoms with Gasteiger partial charge >= 0.3 is 0 Å². The number of carbonyl (C=O) groups excluding carboxylic acids is 1. The molecule has 3 nitrogen and oxygen atoms in total. The Morgan fingerprint density at radius 1 is 1.29 bits per heavy atom. The molecule has 0 heterocycles. The number of carbonyl (C=O) groups is 1. The maximum Gasteiger partial charge on any atom is 0.227 e. The molecule has 0 saturated carbocycles. The smallest absolute Gasteiger partial charge is 0.227 e. The number of hydrogen-bond donors (Lipinski definition) is 1. The van der Waals surface area contributed by atoms with Crippen LogP contribution < -0.4 is 5.32 Å². The van der Waals surface area contributed by atoms with Crippen LogP contribution in [0.3, 0.4) is 0 Å². The van der Waals surface area contributed by atoms with Crippen molar-refractivity contribution in [2.24, 2.45) is 5.92 Å². The predicted molar refractivity (Wildman–Crippen MR) is 66.3 cm³/mol. The summed E-state index contributed by atoms with van der Waals surface area (Å²) < 4.78 is 0. The summed E-state index contributed by atoms with van der Waals surface area (Å²) in [6.45, 7) is 0. The number of nitrogens with one attached hydrogen (secondary N) is 1. The van der Waals surface area contributed by atoms with Crippen molar-refractivity contribution in [3.8, 4) is 6.07 Å². The maximum atomic E-state index is 11.9. The number of rotatable bonds is 2. The largest absolute Gasteiger partial charge is 0.326 e. The minimum absolute atomic E-state index is 0.0686. The van der Waals surface area contributed by atoms with E-state index in [4.69, 9.17) is 5.26 Å². The molecule has 1 aliphatic carbocycles. The Labute approximate surface area is 101 Å². The van der Waals surface area contributed by atoms with Crippen LogP contribution in [0.2, 0.25) is 0 Å². The highest BCUT2D eigenvalue weighted by Crippen LogP contribution is 2.20. The molecule has 0 bridgehead atoms. The zero-order valence-electron chi connectivity index (χ0n) is 9.52. The van der Waals surface area contributed by atoms with E-state index in [9.17, 15) is 4.79 Å². The van der Waals surface area contributed by atoms with E-state index in [0.717, 1.165) is 24.9 Å². The van der Waals surface area contributed by atoms with Crippen molar-refractivity contribution in [1.29, 1.82) is 5.26 Å². The van der Waals surface area contributed by atoms with Gasteiger partial charge in [-0.25, -0.2) is 0 Å². The Morgan fingerprint density at radius 3 is 2.65 bits per heavy atom. The number of nitrogens with zero attached hydrogens (tertiary/aromatic N) is 1. The molecule has 1 amide bonds. The van der Waals surface area contributed by atoms with Gasteiger partial charge in [0.15, 0.2) is 0 Å². The zero-order chi connectivity index (χ0) is 12.1. The summed E-state index contributed by atoms with van der Waals surface area (Å²) in [7, 11) is 0. The Bertz CT molecular complexity index is 468. The lowest BCUT2D eigenvalue weighted by Gasteiger charge is -2.17. The van der Waals surface area contributed by atoms with Crippen LogP contribution in [0.5, 0.6) is 0 Å². The normalized spacial score (nSPS) is 18.4. The van der Waals surface area contributed by atoms with E-state index in [1.54, 1.807) is 24.3 Å². The Hall–Kier alpha value is -2.08. The molecule has 0 aliphatic heterocycles. The van der Waals surface area contributed by atoms with Gasteiger partial charge in [-0.2, -0.15) is 5.26 Å². The highest BCUT2D eigenvalue weighted by Gasteiger charge is 2.18. The van der Waals surface area contributed by atoms with Crippen LogP contribution in [0, 0.1) is 17.2 Å². The quantitative estimate of drug-likeness (QED) is 0.788. The van der Waals surface area contributed by atoms with E-state index in [-0.39, 0.29) is 11.8 Å². The number of allylic oxidation sites excluding steroid dienone is 2. The van der Waals surface area contributed by atoms with Crippen LogP contribution in [0.1, 0.15) is 24.8 Å². The Kier molecular flexibility index (Phi) is 3.56. The average molecular weight is 226 g/mol. The van der Waals surface area contributed by atoms with E-state index < -0.39 is 0 Å². The molecule has 1 N–H and O–H groups in total. The molecule has 0 fully saturated rings. The zero-order valence-corrected chi connectivity index (χ0v) is 9.52. The molecule has 0 spiro atoms. The van der Waals surface area contributed by atoms with E-state index in [1.807, 2.05) is 6.07 Å². The lowest BCUT2D eigenvalue weighted by molar-refractivity contribution is -0.120. The first-order valence-electron chi connectivity index (χ1n) is 5.75. The van der Waals surface area contributed by atoms with Crippen LogP contribution in [0.25, 0.3) is 0 Å². The monoisotopic (exact) mass is 226 g/mol. The molecular formula is C14H14N2O. The van der Waals surface area contributed by atoms with E-state index in [0.29, 0.717) is 5.56 Å². The fraction of sp³-hybridized carbons (Fsp3) is 0.286. The van der Waals surface area contributed by atoms with Gasteiger partial charge < -0.3 is 5.32 Å². The van der Waals surface area contributed by atoms with E-state index >= 15 is 0 Å². The third kappa shape index (κ3) is 2.94. The van der Waals surface area contributed by atoms with Crippen LogP contribution in [-0.2, 0) is 4.79 Å². The van der Waals surface area contributed by atoms with Gasteiger partial charge in [0.25, 0.3) is 0 Å². The summed E-state index contributed by atoms with van der Waals surface area (Å²) in [5.41, 5.74) is 1.35. The molecule has 0 aromatic heterocycles. The van der Waals surface area contributed by atoms with E-state index in [1.165, 1.54) is 0 Å². The average Bonchev–Trinajstić information content (AvgIpc) is 2.40. The number of nitriles is 1. The highest BCUT2D eigenvalue weighted by atomic mass is 16.1. The first-order valence-corrected chi connectivity index (χ1v) is 5.75. The Morgan fingerprint density at radius 2 is 2.06 bits per heavy atom. The third-order valence-electron chi connectivity index (χ3n) is 2.92. The van der Waals surface area contributed by atoms with Crippen LogP contribution >= 0.6 is 0 Å².